The summed E-state index contributed by atoms with van der Waals surface area (Å²) in [5.41, 5.74) is 1.09. The molecule has 3 aromatic carbocycles. The Hall–Kier alpha value is -3.49. The molecular weight excluding hydrogens is 476 g/mol. The fraction of sp³-hybridized carbons (Fsp3) is 0.200. The first-order valence-corrected chi connectivity index (χ1v) is 11.2. The maximum absolute atomic E-state index is 12.8. The molecule has 0 aliphatic heterocycles. The van der Waals surface area contributed by atoms with E-state index in [1.54, 1.807) is 43.5 Å². The summed E-state index contributed by atoms with van der Waals surface area (Å²) in [6, 6.07) is 19.8. The van der Waals surface area contributed by atoms with Crippen LogP contribution in [0.2, 0.25) is 5.02 Å². The molecule has 1 amide bonds. The maximum atomic E-state index is 12.8. The number of methoxy groups -OCH3 is 2. The van der Waals surface area contributed by atoms with Crippen LogP contribution in [-0.2, 0) is 6.54 Å². The molecule has 3 aromatic rings. The number of amides is 1. The van der Waals surface area contributed by atoms with E-state index in [2.05, 4.69) is 10.6 Å². The number of hydrogen-bond acceptors (Lipinski definition) is 6. The molecule has 0 atom stereocenters. The molecule has 0 aromatic heterocycles. The van der Waals surface area contributed by atoms with Crippen LogP contribution < -0.4 is 29.6 Å². The number of rotatable bonds is 10. The van der Waals surface area contributed by atoms with E-state index in [1.807, 2.05) is 30.3 Å². The predicted molar refractivity (Wildman–Crippen MR) is 135 cm³/mol. The van der Waals surface area contributed by atoms with Gasteiger partial charge in [0, 0.05) is 17.6 Å². The van der Waals surface area contributed by atoms with Gasteiger partial charge in [-0.2, -0.15) is 0 Å². The smallest absolute Gasteiger partial charge is 0.261 e. The average Bonchev–Trinajstić information content (AvgIpc) is 2.86. The second kappa shape index (κ2) is 12.7. The third kappa shape index (κ3) is 7.00. The fourth-order valence-electron chi connectivity index (χ4n) is 3.03. The quantitative estimate of drug-likeness (QED) is 0.310. The zero-order valence-electron chi connectivity index (χ0n) is 18.8. The van der Waals surface area contributed by atoms with Crippen LogP contribution in [0, 0.1) is 0 Å². The lowest BCUT2D eigenvalue weighted by atomic mass is 10.2. The fourth-order valence-corrected chi connectivity index (χ4v) is 3.42. The molecule has 0 spiro atoms. The van der Waals surface area contributed by atoms with Crippen LogP contribution in [0.1, 0.15) is 15.9 Å². The third-order valence-electron chi connectivity index (χ3n) is 4.70. The molecule has 0 saturated heterocycles. The summed E-state index contributed by atoms with van der Waals surface area (Å²) in [6.45, 7) is 0.902. The van der Waals surface area contributed by atoms with Gasteiger partial charge >= 0.3 is 0 Å². The minimum Gasteiger partial charge on any atom is -0.493 e. The summed E-state index contributed by atoms with van der Waals surface area (Å²) in [4.78, 5) is 12.8. The number of carbonyl (C=O) groups is 1. The van der Waals surface area contributed by atoms with Crippen molar-refractivity contribution in [1.82, 2.24) is 10.6 Å². The summed E-state index contributed by atoms with van der Waals surface area (Å²) in [6.07, 6.45) is 0. The van der Waals surface area contributed by atoms with Crippen LogP contribution in [0.15, 0.2) is 66.7 Å². The van der Waals surface area contributed by atoms with E-state index in [9.17, 15) is 4.79 Å². The molecule has 0 bridgehead atoms. The van der Waals surface area contributed by atoms with E-state index < -0.39 is 5.91 Å². The van der Waals surface area contributed by atoms with E-state index in [-0.39, 0.29) is 18.3 Å². The lowest BCUT2D eigenvalue weighted by Crippen LogP contribution is -2.39. The van der Waals surface area contributed by atoms with Gasteiger partial charge in [0.2, 0.25) is 0 Å². The van der Waals surface area contributed by atoms with Crippen LogP contribution >= 0.6 is 23.8 Å². The molecule has 178 valence electrons. The predicted octanol–water partition coefficient (Wildman–Crippen LogP) is 4.62. The Morgan fingerprint density at radius 1 is 0.882 bits per heavy atom. The first-order valence-electron chi connectivity index (χ1n) is 10.4. The van der Waals surface area contributed by atoms with Gasteiger partial charge in [-0.05, 0) is 48.1 Å². The van der Waals surface area contributed by atoms with E-state index in [0.717, 1.165) is 11.3 Å². The van der Waals surface area contributed by atoms with Gasteiger partial charge in [-0.25, -0.2) is 0 Å². The Morgan fingerprint density at radius 3 is 2.26 bits per heavy atom. The molecule has 34 heavy (non-hydrogen) atoms. The molecular formula is C25H25ClN2O5S. The Kier molecular flexibility index (Phi) is 9.37. The number of thiocarbonyl (C=S) groups is 1. The normalized spacial score (nSPS) is 10.2. The standard InChI is InChI=1S/C25H25ClN2O5S/c1-30-22-14-17(20(26)15-23(22)31-2)16-27-25(34)28-24(29)19-10-6-7-11-21(19)33-13-12-32-18-8-4-3-5-9-18/h3-11,14-15H,12-13,16H2,1-2H3,(H2,27,28,29,34). The number of benzene rings is 3. The van der Waals surface area contributed by atoms with Gasteiger partial charge in [0.25, 0.3) is 5.91 Å². The third-order valence-corrected chi connectivity index (χ3v) is 5.30. The van der Waals surface area contributed by atoms with Crippen molar-refractivity contribution in [1.29, 1.82) is 0 Å². The number of carbonyl (C=O) groups excluding carboxylic acids is 1. The Bertz CT molecular complexity index is 1130. The van der Waals surface area contributed by atoms with Crippen LogP contribution in [-0.4, -0.2) is 38.5 Å². The Morgan fingerprint density at radius 2 is 1.53 bits per heavy atom. The van der Waals surface area contributed by atoms with Crippen molar-refractivity contribution >= 4 is 34.8 Å². The second-order valence-electron chi connectivity index (χ2n) is 6.94. The largest absolute Gasteiger partial charge is 0.493 e. The van der Waals surface area contributed by atoms with Crippen molar-refractivity contribution in [2.75, 3.05) is 27.4 Å². The molecule has 3 rings (SSSR count). The van der Waals surface area contributed by atoms with E-state index in [0.29, 0.717) is 34.4 Å². The van der Waals surface area contributed by atoms with Gasteiger partial charge in [0.15, 0.2) is 16.6 Å². The molecule has 2 N–H and O–H groups in total. The number of ether oxygens (including phenoxy) is 4. The van der Waals surface area contributed by atoms with Crippen LogP contribution in [0.5, 0.6) is 23.0 Å². The highest BCUT2D eigenvalue weighted by molar-refractivity contribution is 7.80. The summed E-state index contributed by atoms with van der Waals surface area (Å²) >= 11 is 11.6. The zero-order valence-corrected chi connectivity index (χ0v) is 20.4. The average molecular weight is 501 g/mol. The van der Waals surface area contributed by atoms with Crippen molar-refractivity contribution in [3.8, 4) is 23.0 Å². The molecule has 0 radical (unpaired) electrons. The van der Waals surface area contributed by atoms with E-state index in [4.69, 9.17) is 42.8 Å². The number of hydrogen-bond donors (Lipinski definition) is 2. The van der Waals surface area contributed by atoms with Gasteiger partial charge in [0.1, 0.15) is 24.7 Å². The topological polar surface area (TPSA) is 78.1 Å². The minimum atomic E-state index is -0.393. The van der Waals surface area contributed by atoms with Gasteiger partial charge in [0.05, 0.1) is 19.8 Å². The molecule has 9 heteroatoms. The van der Waals surface area contributed by atoms with Crippen LogP contribution in [0.3, 0.4) is 0 Å². The number of halogens is 1. The molecule has 0 saturated carbocycles. The summed E-state index contributed by atoms with van der Waals surface area (Å²) in [7, 11) is 3.08. The summed E-state index contributed by atoms with van der Waals surface area (Å²) in [5, 5.41) is 6.28. The van der Waals surface area contributed by atoms with Crippen molar-refractivity contribution in [2.24, 2.45) is 0 Å². The number of nitrogens with one attached hydrogen (secondary N) is 2. The van der Waals surface area contributed by atoms with Gasteiger partial charge < -0.3 is 24.3 Å². The highest BCUT2D eigenvalue weighted by Gasteiger charge is 2.15. The lowest BCUT2D eigenvalue weighted by molar-refractivity contribution is 0.0971. The Balaban J connectivity index is 1.53. The highest BCUT2D eigenvalue weighted by Crippen LogP contribution is 2.33. The summed E-state index contributed by atoms with van der Waals surface area (Å²) in [5.74, 6) is 1.86. The van der Waals surface area contributed by atoms with E-state index >= 15 is 0 Å². The van der Waals surface area contributed by atoms with Crippen molar-refractivity contribution in [3.63, 3.8) is 0 Å². The maximum Gasteiger partial charge on any atom is 0.261 e. The molecule has 0 aliphatic carbocycles. The first-order chi connectivity index (χ1) is 16.5. The minimum absolute atomic E-state index is 0.151. The molecule has 0 unspecified atom stereocenters. The summed E-state index contributed by atoms with van der Waals surface area (Å²) < 4.78 is 21.9. The molecule has 0 heterocycles. The monoisotopic (exact) mass is 500 g/mol. The highest BCUT2D eigenvalue weighted by atomic mass is 35.5. The van der Waals surface area contributed by atoms with Crippen molar-refractivity contribution in [3.05, 3.63) is 82.9 Å². The second-order valence-corrected chi connectivity index (χ2v) is 7.76. The SMILES string of the molecule is COc1cc(Cl)c(CNC(=S)NC(=O)c2ccccc2OCCOc2ccccc2)cc1OC. The van der Waals surface area contributed by atoms with Crippen LogP contribution in [0.25, 0.3) is 0 Å². The molecule has 0 fully saturated rings. The Labute approximate surface area is 208 Å². The molecule has 7 nitrogen and oxygen atoms in total. The lowest BCUT2D eigenvalue weighted by Gasteiger charge is -2.15. The number of para-hydroxylation sites is 2. The van der Waals surface area contributed by atoms with E-state index in [1.165, 1.54) is 7.11 Å². The van der Waals surface area contributed by atoms with Crippen molar-refractivity contribution in [2.45, 2.75) is 6.54 Å². The van der Waals surface area contributed by atoms with Gasteiger partial charge in [-0.3, -0.25) is 10.1 Å². The zero-order chi connectivity index (χ0) is 24.3. The van der Waals surface area contributed by atoms with Gasteiger partial charge in [-0.15, -0.1) is 0 Å². The van der Waals surface area contributed by atoms with Gasteiger partial charge in [-0.1, -0.05) is 41.9 Å². The molecule has 0 aliphatic rings. The van der Waals surface area contributed by atoms with Crippen LogP contribution in [0.4, 0.5) is 0 Å². The van der Waals surface area contributed by atoms with Crippen molar-refractivity contribution < 1.29 is 23.7 Å². The first kappa shape index (κ1) is 25.1.